The van der Waals surface area contributed by atoms with E-state index in [9.17, 15) is 0 Å². The van der Waals surface area contributed by atoms with Crippen LogP contribution >= 0.6 is 24.0 Å². The van der Waals surface area contributed by atoms with Crippen LogP contribution in [-0.4, -0.2) is 70.0 Å². The second kappa shape index (κ2) is 13.5. The first-order valence-electron chi connectivity index (χ1n) is 11.6. The second-order valence-corrected chi connectivity index (χ2v) is 8.68. The molecule has 2 fully saturated rings. The number of anilines is 1. The van der Waals surface area contributed by atoms with Gasteiger partial charge in [0.05, 0.1) is 25.4 Å². The van der Waals surface area contributed by atoms with E-state index in [1.165, 1.54) is 29.7 Å². The third-order valence-corrected chi connectivity index (χ3v) is 6.11. The summed E-state index contributed by atoms with van der Waals surface area (Å²) in [4.78, 5) is 9.46. The van der Waals surface area contributed by atoms with Gasteiger partial charge in [0.1, 0.15) is 0 Å². The van der Waals surface area contributed by atoms with Gasteiger partial charge < -0.3 is 24.6 Å². The van der Waals surface area contributed by atoms with Crippen molar-refractivity contribution in [3.63, 3.8) is 0 Å². The van der Waals surface area contributed by atoms with Crippen molar-refractivity contribution in [2.45, 2.75) is 64.7 Å². The molecule has 0 amide bonds. The summed E-state index contributed by atoms with van der Waals surface area (Å²) in [5, 5.41) is 3.48. The molecule has 6 nitrogen and oxygen atoms in total. The number of rotatable bonds is 7. The fraction of sp³-hybridized carbons (Fsp3) is 0.708. The van der Waals surface area contributed by atoms with Crippen LogP contribution in [0.4, 0.5) is 5.69 Å². The highest BCUT2D eigenvalue weighted by Crippen LogP contribution is 2.20. The number of nitrogens with zero attached hydrogens (tertiary/aromatic N) is 3. The third-order valence-electron chi connectivity index (χ3n) is 6.11. The normalized spacial score (nSPS) is 20.3. The van der Waals surface area contributed by atoms with Crippen molar-refractivity contribution in [3.05, 3.63) is 29.3 Å². The van der Waals surface area contributed by atoms with Gasteiger partial charge >= 0.3 is 0 Å². The van der Waals surface area contributed by atoms with E-state index in [2.05, 4.69) is 61.3 Å². The van der Waals surface area contributed by atoms with Crippen LogP contribution in [0.25, 0.3) is 0 Å². The maximum atomic E-state index is 6.17. The largest absolute Gasteiger partial charge is 0.378 e. The summed E-state index contributed by atoms with van der Waals surface area (Å²) < 4.78 is 12.0. The lowest BCUT2D eigenvalue weighted by Gasteiger charge is -2.35. The average molecular weight is 545 g/mol. The number of aliphatic imine (C=N–C) groups is 1. The number of hydrogen-bond donors (Lipinski definition) is 1. The number of likely N-dealkylation sites (tertiary alicyclic amines) is 1. The fourth-order valence-electron chi connectivity index (χ4n) is 4.14. The van der Waals surface area contributed by atoms with Crippen LogP contribution in [0.15, 0.2) is 23.2 Å². The van der Waals surface area contributed by atoms with Gasteiger partial charge in [0.15, 0.2) is 5.96 Å². The van der Waals surface area contributed by atoms with E-state index in [0.717, 1.165) is 58.1 Å². The molecule has 2 aliphatic heterocycles. The van der Waals surface area contributed by atoms with Gasteiger partial charge in [-0.1, -0.05) is 6.07 Å². The Morgan fingerprint density at radius 3 is 2.61 bits per heavy atom. The minimum atomic E-state index is 0. The zero-order valence-electron chi connectivity index (χ0n) is 19.7. The highest BCUT2D eigenvalue weighted by atomic mass is 127. The molecule has 0 aliphatic carbocycles. The number of ether oxygens (including phenoxy) is 2. The summed E-state index contributed by atoms with van der Waals surface area (Å²) in [7, 11) is 4.15. The molecule has 0 aromatic heterocycles. The zero-order chi connectivity index (χ0) is 21.3. The van der Waals surface area contributed by atoms with E-state index in [4.69, 9.17) is 14.5 Å². The summed E-state index contributed by atoms with van der Waals surface area (Å²) in [6.07, 6.45) is 6.35. The van der Waals surface area contributed by atoms with E-state index >= 15 is 0 Å². The molecule has 2 aliphatic rings. The van der Waals surface area contributed by atoms with Gasteiger partial charge in [-0.2, -0.15) is 0 Å². The van der Waals surface area contributed by atoms with Crippen molar-refractivity contribution < 1.29 is 9.47 Å². The molecule has 7 heteroatoms. The molecule has 0 bridgehead atoms. The highest BCUT2D eigenvalue weighted by molar-refractivity contribution is 14.0. The Bertz CT molecular complexity index is 684. The Hall–Kier alpha value is -1.06. The molecule has 176 valence electrons. The zero-order valence-corrected chi connectivity index (χ0v) is 22.1. The molecule has 2 heterocycles. The van der Waals surface area contributed by atoms with Crippen molar-refractivity contribution in [1.29, 1.82) is 0 Å². The Morgan fingerprint density at radius 2 is 2.00 bits per heavy atom. The van der Waals surface area contributed by atoms with Gasteiger partial charge in [0, 0.05) is 46.0 Å². The van der Waals surface area contributed by atoms with Crippen LogP contribution in [0.2, 0.25) is 0 Å². The van der Waals surface area contributed by atoms with Crippen LogP contribution in [-0.2, 0) is 16.0 Å². The molecule has 0 radical (unpaired) electrons. The summed E-state index contributed by atoms with van der Waals surface area (Å²) in [6, 6.07) is 6.60. The maximum Gasteiger partial charge on any atom is 0.194 e. The van der Waals surface area contributed by atoms with E-state index in [1.54, 1.807) is 0 Å². The van der Waals surface area contributed by atoms with Gasteiger partial charge in [-0.3, -0.25) is 0 Å². The standard InChI is InChI=1S/C24H40N4O2.HI/c1-5-25-24(26-17-20-9-10-21(27(3)4)16-19(20)2)28-13-11-22(12-14-28)30-18-23-8-6-7-15-29-23;/h9-10,16,22-23H,5-8,11-15,17-18H2,1-4H3,(H,25,26);1H. The van der Waals surface area contributed by atoms with Gasteiger partial charge in [0.2, 0.25) is 0 Å². The van der Waals surface area contributed by atoms with E-state index in [-0.39, 0.29) is 24.0 Å². The van der Waals surface area contributed by atoms with Crippen molar-refractivity contribution in [1.82, 2.24) is 10.2 Å². The first kappa shape index (κ1) is 26.2. The van der Waals surface area contributed by atoms with Gasteiger partial charge in [-0.05, 0) is 69.2 Å². The Labute approximate surface area is 205 Å². The lowest BCUT2D eigenvalue weighted by Crippen LogP contribution is -2.47. The van der Waals surface area contributed by atoms with Crippen LogP contribution < -0.4 is 10.2 Å². The summed E-state index contributed by atoms with van der Waals surface area (Å²) in [6.45, 7) is 9.51. The topological polar surface area (TPSA) is 49.3 Å². The number of benzene rings is 1. The summed E-state index contributed by atoms with van der Waals surface area (Å²) >= 11 is 0. The lowest BCUT2D eigenvalue weighted by atomic mass is 10.1. The summed E-state index contributed by atoms with van der Waals surface area (Å²) in [5.41, 5.74) is 3.80. The Kier molecular flexibility index (Phi) is 11.4. The fourth-order valence-corrected chi connectivity index (χ4v) is 4.14. The molecule has 0 spiro atoms. The summed E-state index contributed by atoms with van der Waals surface area (Å²) in [5.74, 6) is 1.02. The van der Waals surface area contributed by atoms with Crippen molar-refractivity contribution in [2.24, 2.45) is 4.99 Å². The van der Waals surface area contributed by atoms with Crippen LogP contribution in [0.5, 0.6) is 0 Å². The number of nitrogens with one attached hydrogen (secondary N) is 1. The quantitative estimate of drug-likeness (QED) is 0.317. The Morgan fingerprint density at radius 1 is 1.23 bits per heavy atom. The van der Waals surface area contributed by atoms with Crippen molar-refractivity contribution in [2.75, 3.05) is 51.8 Å². The highest BCUT2D eigenvalue weighted by Gasteiger charge is 2.23. The minimum absolute atomic E-state index is 0. The number of aryl methyl sites for hydroxylation is 1. The van der Waals surface area contributed by atoms with Gasteiger partial charge in [-0.25, -0.2) is 4.99 Å². The number of halogens is 1. The molecule has 1 N–H and O–H groups in total. The molecule has 3 rings (SSSR count). The molecule has 2 saturated heterocycles. The Balaban J connectivity index is 0.00000341. The molecule has 0 saturated carbocycles. The molecular formula is C24H41IN4O2. The predicted molar refractivity (Wildman–Crippen MR) is 140 cm³/mol. The molecule has 1 unspecified atom stereocenters. The van der Waals surface area contributed by atoms with Gasteiger partial charge in [0.25, 0.3) is 0 Å². The van der Waals surface area contributed by atoms with E-state index < -0.39 is 0 Å². The molecule has 1 aromatic rings. The minimum Gasteiger partial charge on any atom is -0.378 e. The number of piperidine rings is 1. The van der Waals surface area contributed by atoms with Crippen LogP contribution in [0.1, 0.15) is 50.2 Å². The van der Waals surface area contributed by atoms with Crippen molar-refractivity contribution >= 4 is 35.6 Å². The predicted octanol–water partition coefficient (Wildman–Crippen LogP) is 4.19. The number of hydrogen-bond acceptors (Lipinski definition) is 4. The maximum absolute atomic E-state index is 6.17. The molecule has 31 heavy (non-hydrogen) atoms. The lowest BCUT2D eigenvalue weighted by molar-refractivity contribution is -0.0721. The monoisotopic (exact) mass is 544 g/mol. The average Bonchev–Trinajstić information content (AvgIpc) is 2.77. The van der Waals surface area contributed by atoms with Crippen LogP contribution in [0.3, 0.4) is 0 Å². The first-order valence-corrected chi connectivity index (χ1v) is 11.6. The SMILES string of the molecule is CCNC(=NCc1ccc(N(C)C)cc1C)N1CCC(OCC2CCCCO2)CC1.I. The second-order valence-electron chi connectivity index (χ2n) is 8.68. The van der Waals surface area contributed by atoms with E-state index in [1.807, 2.05) is 0 Å². The first-order chi connectivity index (χ1) is 14.6. The molecule has 1 atom stereocenters. The van der Waals surface area contributed by atoms with Crippen LogP contribution in [0, 0.1) is 6.92 Å². The smallest absolute Gasteiger partial charge is 0.194 e. The third kappa shape index (κ3) is 8.09. The van der Waals surface area contributed by atoms with Crippen molar-refractivity contribution in [3.8, 4) is 0 Å². The molecular weight excluding hydrogens is 503 g/mol. The van der Waals surface area contributed by atoms with E-state index in [0.29, 0.717) is 18.8 Å². The molecule has 1 aromatic carbocycles. The number of guanidine groups is 1. The van der Waals surface area contributed by atoms with Gasteiger partial charge in [-0.15, -0.1) is 24.0 Å².